The van der Waals surface area contributed by atoms with Crippen molar-refractivity contribution >= 4 is 34.2 Å². The highest BCUT2D eigenvalue weighted by molar-refractivity contribution is 8.13. The Morgan fingerprint density at radius 3 is 2.55 bits per heavy atom. The number of allylic oxidation sites excluding steroid dienone is 2. The Bertz CT molecular complexity index is 1380. The fourth-order valence-electron chi connectivity index (χ4n) is 4.03. The standard InChI is InChI=1S/C30H28ClF3N2OS/c1-20-9-11-22(12-10-20)18-36(19-23-6-4-7-25(37)16-23)29(38-26-8-3-5-21(2)15-26)35-24-13-14-28(31)27(17-24)30(32,33)34/h3-9,11-17,20,37H,10,18-19H2,1-2H3. The molecule has 0 bridgehead atoms. The average molecular weight is 557 g/mol. The van der Waals surface area contributed by atoms with E-state index < -0.39 is 11.7 Å². The molecule has 0 aliphatic heterocycles. The van der Waals surface area contributed by atoms with Crippen molar-refractivity contribution in [1.29, 1.82) is 0 Å². The SMILES string of the molecule is Cc1cccc(SC(=Nc2ccc(Cl)c(C(F)(F)F)c2)N(CC2=CCC(C)C=C2)Cc2cccc(O)c2)c1. The number of amidine groups is 1. The van der Waals surface area contributed by atoms with E-state index in [2.05, 4.69) is 25.2 Å². The molecule has 8 heteroatoms. The molecule has 0 spiro atoms. The molecular formula is C30H28ClF3N2OS. The Balaban J connectivity index is 1.80. The van der Waals surface area contributed by atoms with Crippen LogP contribution < -0.4 is 0 Å². The van der Waals surface area contributed by atoms with Crippen LogP contribution in [0.4, 0.5) is 18.9 Å². The lowest BCUT2D eigenvalue weighted by atomic mass is 9.98. The molecule has 1 atom stereocenters. The average Bonchev–Trinajstić information content (AvgIpc) is 2.85. The van der Waals surface area contributed by atoms with Gasteiger partial charge < -0.3 is 10.0 Å². The van der Waals surface area contributed by atoms with Crippen molar-refractivity contribution in [2.45, 2.75) is 37.9 Å². The highest BCUT2D eigenvalue weighted by atomic mass is 35.5. The number of benzene rings is 3. The maximum atomic E-state index is 13.6. The van der Waals surface area contributed by atoms with Gasteiger partial charge in [-0.25, -0.2) is 4.99 Å². The maximum Gasteiger partial charge on any atom is 0.417 e. The number of hydrogen-bond donors (Lipinski definition) is 1. The molecule has 1 aliphatic rings. The zero-order chi connectivity index (χ0) is 27.3. The van der Waals surface area contributed by atoms with Crippen LogP contribution in [0.1, 0.15) is 30.0 Å². The molecule has 3 aromatic rings. The number of alkyl halides is 3. The molecule has 3 nitrogen and oxygen atoms in total. The molecule has 3 aromatic carbocycles. The van der Waals surface area contributed by atoms with Crippen molar-refractivity contribution < 1.29 is 18.3 Å². The molecule has 1 unspecified atom stereocenters. The van der Waals surface area contributed by atoms with Crippen LogP contribution in [0, 0.1) is 12.8 Å². The molecule has 0 radical (unpaired) electrons. The number of phenols is 1. The van der Waals surface area contributed by atoms with E-state index in [1.54, 1.807) is 18.2 Å². The van der Waals surface area contributed by atoms with Gasteiger partial charge in [0.05, 0.1) is 16.3 Å². The molecule has 1 aliphatic carbocycles. The summed E-state index contributed by atoms with van der Waals surface area (Å²) in [4.78, 5) is 7.67. The summed E-state index contributed by atoms with van der Waals surface area (Å²) in [6.07, 6.45) is 2.74. The van der Waals surface area contributed by atoms with E-state index in [1.807, 2.05) is 42.2 Å². The first kappa shape index (κ1) is 27.9. The maximum absolute atomic E-state index is 13.6. The van der Waals surface area contributed by atoms with E-state index >= 15 is 0 Å². The van der Waals surface area contributed by atoms with Gasteiger partial charge in [-0.15, -0.1) is 0 Å². The summed E-state index contributed by atoms with van der Waals surface area (Å²) in [5.74, 6) is 0.591. The van der Waals surface area contributed by atoms with Gasteiger partial charge in [0.2, 0.25) is 0 Å². The number of hydrogen-bond acceptors (Lipinski definition) is 3. The zero-order valence-electron chi connectivity index (χ0n) is 21.0. The first-order chi connectivity index (χ1) is 18.1. The van der Waals surface area contributed by atoms with Crippen LogP contribution in [-0.2, 0) is 12.7 Å². The third-order valence-corrected chi connectivity index (χ3v) is 7.35. The number of aromatic hydroxyl groups is 1. The minimum Gasteiger partial charge on any atom is -0.508 e. The van der Waals surface area contributed by atoms with E-state index in [-0.39, 0.29) is 16.5 Å². The summed E-state index contributed by atoms with van der Waals surface area (Å²) < 4.78 is 40.8. The topological polar surface area (TPSA) is 35.8 Å². The highest BCUT2D eigenvalue weighted by Gasteiger charge is 2.33. The van der Waals surface area contributed by atoms with Crippen molar-refractivity contribution in [1.82, 2.24) is 4.90 Å². The number of thioether (sulfide) groups is 1. The molecule has 38 heavy (non-hydrogen) atoms. The van der Waals surface area contributed by atoms with Crippen LogP contribution >= 0.6 is 23.4 Å². The van der Waals surface area contributed by atoms with Crippen molar-refractivity contribution in [3.63, 3.8) is 0 Å². The van der Waals surface area contributed by atoms with E-state index in [4.69, 9.17) is 16.6 Å². The quantitative estimate of drug-likeness (QED) is 0.187. The Labute approximate surface area is 230 Å². The minimum absolute atomic E-state index is 0.144. The van der Waals surface area contributed by atoms with E-state index in [9.17, 15) is 18.3 Å². The number of nitrogens with zero attached hydrogens (tertiary/aromatic N) is 2. The van der Waals surface area contributed by atoms with Crippen LogP contribution in [0.25, 0.3) is 0 Å². The smallest absolute Gasteiger partial charge is 0.417 e. The Kier molecular flexibility index (Phi) is 8.90. The van der Waals surface area contributed by atoms with Gasteiger partial charge in [0.15, 0.2) is 5.17 Å². The number of aliphatic imine (C=N–C) groups is 1. The normalized spacial score (nSPS) is 15.9. The second kappa shape index (κ2) is 12.1. The third-order valence-electron chi connectivity index (χ3n) is 6.00. The van der Waals surface area contributed by atoms with Gasteiger partial charge >= 0.3 is 6.18 Å². The number of aryl methyl sites for hydroxylation is 1. The van der Waals surface area contributed by atoms with Crippen molar-refractivity contribution in [2.24, 2.45) is 10.9 Å². The summed E-state index contributed by atoms with van der Waals surface area (Å²) in [5, 5.41) is 10.2. The lowest BCUT2D eigenvalue weighted by molar-refractivity contribution is -0.137. The van der Waals surface area contributed by atoms with Gasteiger partial charge in [-0.05, 0) is 72.9 Å². The summed E-state index contributed by atoms with van der Waals surface area (Å²) in [5.41, 5.74) is 2.23. The predicted octanol–water partition coefficient (Wildman–Crippen LogP) is 9.18. The van der Waals surface area contributed by atoms with Gasteiger partial charge in [0.1, 0.15) is 5.75 Å². The summed E-state index contributed by atoms with van der Waals surface area (Å²) >= 11 is 7.25. The second-order valence-corrected chi connectivity index (χ2v) is 10.8. The first-order valence-corrected chi connectivity index (χ1v) is 13.4. The van der Waals surface area contributed by atoms with Crippen LogP contribution in [-0.4, -0.2) is 21.7 Å². The Hall–Kier alpha value is -3.16. The van der Waals surface area contributed by atoms with Gasteiger partial charge in [0.25, 0.3) is 0 Å². The lowest BCUT2D eigenvalue weighted by Crippen LogP contribution is -2.30. The molecule has 0 saturated carbocycles. The monoisotopic (exact) mass is 556 g/mol. The molecule has 4 rings (SSSR count). The second-order valence-electron chi connectivity index (χ2n) is 9.35. The van der Waals surface area contributed by atoms with Crippen LogP contribution in [0.2, 0.25) is 5.02 Å². The molecule has 0 saturated heterocycles. The molecule has 0 aromatic heterocycles. The largest absolute Gasteiger partial charge is 0.508 e. The highest BCUT2D eigenvalue weighted by Crippen LogP contribution is 2.37. The molecule has 0 amide bonds. The van der Waals surface area contributed by atoms with Crippen LogP contribution in [0.3, 0.4) is 0 Å². The van der Waals surface area contributed by atoms with Crippen LogP contribution in [0.15, 0.2) is 100 Å². The van der Waals surface area contributed by atoms with Gasteiger partial charge in [-0.2, -0.15) is 13.2 Å². The van der Waals surface area contributed by atoms with Crippen LogP contribution in [0.5, 0.6) is 5.75 Å². The molecular weight excluding hydrogens is 529 g/mol. The lowest BCUT2D eigenvalue weighted by Gasteiger charge is -2.28. The van der Waals surface area contributed by atoms with Gasteiger partial charge in [-0.3, -0.25) is 0 Å². The van der Waals surface area contributed by atoms with E-state index in [1.165, 1.54) is 23.9 Å². The Morgan fingerprint density at radius 2 is 1.87 bits per heavy atom. The zero-order valence-corrected chi connectivity index (χ0v) is 22.6. The molecule has 0 fully saturated rings. The number of halogens is 4. The summed E-state index contributed by atoms with van der Waals surface area (Å²) in [6.45, 7) is 5.02. The van der Waals surface area contributed by atoms with E-state index in [0.29, 0.717) is 24.2 Å². The van der Waals surface area contributed by atoms with Crippen molar-refractivity contribution in [2.75, 3.05) is 6.54 Å². The van der Waals surface area contributed by atoms with E-state index in [0.717, 1.165) is 34.1 Å². The van der Waals surface area contributed by atoms with Gasteiger partial charge in [0, 0.05) is 18.0 Å². The van der Waals surface area contributed by atoms with Crippen molar-refractivity contribution in [3.05, 3.63) is 112 Å². The minimum atomic E-state index is -4.60. The number of rotatable bonds is 6. The van der Waals surface area contributed by atoms with Gasteiger partial charge in [-0.1, -0.05) is 78.3 Å². The predicted molar refractivity (Wildman–Crippen MR) is 150 cm³/mol. The number of phenolic OH excluding ortho intramolecular Hbond substituents is 1. The summed E-state index contributed by atoms with van der Waals surface area (Å²) in [6, 6.07) is 18.5. The van der Waals surface area contributed by atoms with Crippen molar-refractivity contribution in [3.8, 4) is 5.75 Å². The molecule has 198 valence electrons. The third kappa shape index (κ3) is 7.68. The molecule has 1 N–H and O–H groups in total. The first-order valence-electron chi connectivity index (χ1n) is 12.2. The molecule has 0 heterocycles. The fraction of sp³-hybridized carbons (Fsp3) is 0.233. The fourth-order valence-corrected chi connectivity index (χ4v) is 5.26. The Morgan fingerprint density at radius 1 is 1.08 bits per heavy atom. The summed E-state index contributed by atoms with van der Waals surface area (Å²) in [7, 11) is 0.